The fourth-order valence-electron chi connectivity index (χ4n) is 3.87. The van der Waals surface area contributed by atoms with Gasteiger partial charge in [-0.3, -0.25) is 20.6 Å². The van der Waals surface area contributed by atoms with E-state index in [9.17, 15) is 4.79 Å². The molecule has 2 N–H and O–H groups in total. The summed E-state index contributed by atoms with van der Waals surface area (Å²) in [6, 6.07) is 11.4. The smallest absolute Gasteiger partial charge is 0.274 e. The van der Waals surface area contributed by atoms with Crippen molar-refractivity contribution in [3.63, 3.8) is 0 Å². The molecule has 2 aliphatic heterocycles. The van der Waals surface area contributed by atoms with Gasteiger partial charge < -0.3 is 4.90 Å². The van der Waals surface area contributed by atoms with Crippen molar-refractivity contribution >= 4 is 5.91 Å². The molecule has 3 heterocycles. The number of nitrogens with one attached hydrogen (secondary N) is 2. The number of carbonyl (C=O) groups is 1. The summed E-state index contributed by atoms with van der Waals surface area (Å²) in [7, 11) is 0. The highest BCUT2D eigenvalue weighted by molar-refractivity contribution is 5.92. The van der Waals surface area contributed by atoms with E-state index in [1.165, 1.54) is 5.56 Å². The van der Waals surface area contributed by atoms with E-state index in [2.05, 4.69) is 45.1 Å². The predicted octanol–water partition coefficient (Wildman–Crippen LogP) is 1.94. The van der Waals surface area contributed by atoms with Gasteiger partial charge in [0, 0.05) is 37.6 Å². The summed E-state index contributed by atoms with van der Waals surface area (Å²) in [6.45, 7) is 1.57. The molecule has 0 bridgehead atoms. The van der Waals surface area contributed by atoms with Crippen molar-refractivity contribution in [3.05, 3.63) is 60.2 Å². The van der Waals surface area contributed by atoms with Crippen molar-refractivity contribution in [2.75, 3.05) is 13.1 Å². The van der Waals surface area contributed by atoms with E-state index in [0.29, 0.717) is 23.7 Å². The zero-order valence-electron chi connectivity index (χ0n) is 14.1. The Morgan fingerprint density at radius 1 is 1.08 bits per heavy atom. The highest BCUT2D eigenvalue weighted by Gasteiger charge is 2.34. The third-order valence-electron chi connectivity index (χ3n) is 5.31. The number of amides is 1. The van der Waals surface area contributed by atoms with Gasteiger partial charge in [0.25, 0.3) is 5.91 Å². The van der Waals surface area contributed by atoms with Crippen LogP contribution in [0.1, 0.15) is 41.4 Å². The third kappa shape index (κ3) is 3.55. The van der Waals surface area contributed by atoms with Gasteiger partial charge in [0.2, 0.25) is 0 Å². The van der Waals surface area contributed by atoms with Crippen molar-refractivity contribution in [1.82, 2.24) is 25.7 Å². The maximum atomic E-state index is 12.5. The predicted molar refractivity (Wildman–Crippen MR) is 94.5 cm³/mol. The lowest BCUT2D eigenvalue weighted by Crippen LogP contribution is -2.44. The molecule has 1 aromatic carbocycles. The summed E-state index contributed by atoms with van der Waals surface area (Å²) < 4.78 is 0. The van der Waals surface area contributed by atoms with Crippen LogP contribution in [-0.4, -0.2) is 39.9 Å². The fourth-order valence-corrected chi connectivity index (χ4v) is 3.87. The zero-order valence-corrected chi connectivity index (χ0v) is 14.1. The Hall–Kier alpha value is -2.31. The first-order valence-electron chi connectivity index (χ1n) is 8.92. The van der Waals surface area contributed by atoms with E-state index in [1.807, 2.05) is 11.0 Å². The minimum absolute atomic E-state index is 0.00813. The van der Waals surface area contributed by atoms with E-state index in [4.69, 9.17) is 0 Å². The van der Waals surface area contributed by atoms with E-state index in [-0.39, 0.29) is 5.91 Å². The molecule has 2 aromatic rings. The Labute approximate surface area is 147 Å². The lowest BCUT2D eigenvalue weighted by atomic mass is 9.86. The maximum absolute atomic E-state index is 12.5. The molecule has 4 rings (SSSR count). The SMILES string of the molecule is O=C(c1cnccn1)N1CCC(C2CC(c3ccccc3)NN2)CC1. The lowest BCUT2D eigenvalue weighted by Gasteiger charge is -2.34. The van der Waals surface area contributed by atoms with Crippen molar-refractivity contribution in [2.45, 2.75) is 31.3 Å². The minimum atomic E-state index is -0.00813. The second-order valence-corrected chi connectivity index (χ2v) is 6.81. The monoisotopic (exact) mass is 337 g/mol. The van der Waals surface area contributed by atoms with Crippen molar-refractivity contribution in [3.8, 4) is 0 Å². The van der Waals surface area contributed by atoms with Crippen LogP contribution in [0.5, 0.6) is 0 Å². The zero-order chi connectivity index (χ0) is 17.1. The molecule has 1 amide bonds. The molecule has 25 heavy (non-hydrogen) atoms. The largest absolute Gasteiger partial charge is 0.337 e. The molecule has 0 spiro atoms. The standard InChI is InChI=1S/C19H23N5O/c25-19(18-13-20-8-9-21-18)24-10-6-15(7-11-24)17-12-16(22-23-17)14-4-2-1-3-5-14/h1-5,8-9,13,15-17,22-23H,6-7,10-12H2. The van der Waals surface area contributed by atoms with E-state index < -0.39 is 0 Å². The topological polar surface area (TPSA) is 70.2 Å². The van der Waals surface area contributed by atoms with Crippen molar-refractivity contribution in [2.24, 2.45) is 5.92 Å². The summed E-state index contributed by atoms with van der Waals surface area (Å²) >= 11 is 0. The minimum Gasteiger partial charge on any atom is -0.337 e. The molecule has 6 heteroatoms. The molecule has 1 aromatic heterocycles. The molecule has 130 valence electrons. The summed E-state index contributed by atoms with van der Waals surface area (Å²) in [5.74, 6) is 0.582. The van der Waals surface area contributed by atoms with E-state index >= 15 is 0 Å². The number of carbonyl (C=O) groups excluding carboxylic acids is 1. The lowest BCUT2D eigenvalue weighted by molar-refractivity contribution is 0.0666. The van der Waals surface area contributed by atoms with Crippen molar-refractivity contribution in [1.29, 1.82) is 0 Å². The van der Waals surface area contributed by atoms with Crippen LogP contribution in [0.25, 0.3) is 0 Å². The van der Waals surface area contributed by atoms with Crippen LogP contribution >= 0.6 is 0 Å². The second-order valence-electron chi connectivity index (χ2n) is 6.81. The molecular formula is C19H23N5O. The number of piperidine rings is 1. The second kappa shape index (κ2) is 7.29. The highest BCUT2D eigenvalue weighted by atomic mass is 16.2. The quantitative estimate of drug-likeness (QED) is 0.896. The molecule has 0 aliphatic carbocycles. The average molecular weight is 337 g/mol. The van der Waals surface area contributed by atoms with Crippen LogP contribution in [0.2, 0.25) is 0 Å². The van der Waals surface area contributed by atoms with E-state index in [1.54, 1.807) is 18.6 Å². The van der Waals surface area contributed by atoms with Gasteiger partial charge in [-0.2, -0.15) is 0 Å². The van der Waals surface area contributed by atoms with Gasteiger partial charge in [0.15, 0.2) is 0 Å². The normalized spacial score (nSPS) is 24.4. The van der Waals surface area contributed by atoms with Crippen LogP contribution < -0.4 is 10.9 Å². The van der Waals surface area contributed by atoms with Crippen LogP contribution in [0, 0.1) is 5.92 Å². The molecule has 0 radical (unpaired) electrons. The maximum Gasteiger partial charge on any atom is 0.274 e. The molecule has 2 unspecified atom stereocenters. The van der Waals surface area contributed by atoms with Crippen molar-refractivity contribution < 1.29 is 4.79 Å². The van der Waals surface area contributed by atoms with Gasteiger partial charge in [-0.05, 0) is 30.7 Å². The summed E-state index contributed by atoms with van der Waals surface area (Å²) in [5, 5.41) is 0. The number of nitrogens with zero attached hydrogens (tertiary/aromatic N) is 3. The fraction of sp³-hybridized carbons (Fsp3) is 0.421. The number of hydrogen-bond acceptors (Lipinski definition) is 5. The average Bonchev–Trinajstić information content (AvgIpc) is 3.19. The first-order valence-corrected chi connectivity index (χ1v) is 8.92. The summed E-state index contributed by atoms with van der Waals surface area (Å²) in [4.78, 5) is 22.5. The number of aromatic nitrogens is 2. The molecule has 2 fully saturated rings. The summed E-state index contributed by atoms with van der Waals surface area (Å²) in [5.41, 5.74) is 8.67. The van der Waals surface area contributed by atoms with Crippen LogP contribution in [0.4, 0.5) is 0 Å². The number of hydrogen-bond donors (Lipinski definition) is 2. The molecule has 6 nitrogen and oxygen atoms in total. The molecule has 2 aliphatic rings. The highest BCUT2D eigenvalue weighted by Crippen LogP contribution is 2.30. The Bertz CT molecular complexity index is 700. The van der Waals surface area contributed by atoms with Gasteiger partial charge in [-0.25, -0.2) is 4.98 Å². The Morgan fingerprint density at radius 3 is 2.60 bits per heavy atom. The number of rotatable bonds is 3. The Morgan fingerprint density at radius 2 is 1.88 bits per heavy atom. The van der Waals surface area contributed by atoms with Gasteiger partial charge in [0.1, 0.15) is 5.69 Å². The van der Waals surface area contributed by atoms with Gasteiger partial charge in [-0.15, -0.1) is 0 Å². The summed E-state index contributed by atoms with van der Waals surface area (Å²) in [6.07, 6.45) is 7.83. The Balaban J connectivity index is 1.31. The molecule has 2 saturated heterocycles. The molecule has 0 saturated carbocycles. The molecule has 2 atom stereocenters. The van der Waals surface area contributed by atoms with E-state index in [0.717, 1.165) is 32.4 Å². The van der Waals surface area contributed by atoms with Gasteiger partial charge in [0.05, 0.1) is 6.20 Å². The molecular weight excluding hydrogens is 314 g/mol. The number of likely N-dealkylation sites (tertiary alicyclic amines) is 1. The Kier molecular flexibility index (Phi) is 4.72. The third-order valence-corrected chi connectivity index (χ3v) is 5.31. The van der Waals surface area contributed by atoms with Gasteiger partial charge >= 0.3 is 0 Å². The first-order chi connectivity index (χ1) is 12.3. The van der Waals surface area contributed by atoms with Gasteiger partial charge in [-0.1, -0.05) is 30.3 Å². The number of benzene rings is 1. The van der Waals surface area contributed by atoms with Crippen LogP contribution in [0.15, 0.2) is 48.9 Å². The van der Waals surface area contributed by atoms with Crippen LogP contribution in [0.3, 0.4) is 0 Å². The van der Waals surface area contributed by atoms with Crippen LogP contribution in [-0.2, 0) is 0 Å². The first kappa shape index (κ1) is 16.2. The number of hydrazine groups is 1.